The molecule has 4 nitrogen and oxygen atoms in total. The number of nitrogens with zero attached hydrogens (tertiary/aromatic N) is 2. The van der Waals surface area contributed by atoms with E-state index in [0.29, 0.717) is 6.54 Å². The third-order valence-electron chi connectivity index (χ3n) is 2.80. The molecule has 0 aliphatic rings. The summed E-state index contributed by atoms with van der Waals surface area (Å²) in [6.45, 7) is 4.15. The average Bonchev–Trinajstić information content (AvgIpc) is 2.87. The highest BCUT2D eigenvalue weighted by Gasteiger charge is 2.13. The number of hydrogen-bond donors (Lipinski definition) is 1. The summed E-state index contributed by atoms with van der Waals surface area (Å²) in [5.74, 6) is 0.779. The van der Waals surface area contributed by atoms with Gasteiger partial charge in [-0.2, -0.15) is 0 Å². The molecule has 1 amide bonds. The lowest BCUT2D eigenvalue weighted by Crippen LogP contribution is -2.27. The molecule has 2 aromatic rings. The largest absolute Gasteiger partial charge is 0.399 e. The lowest BCUT2D eigenvalue weighted by Gasteiger charge is -2.14. The number of thiazole rings is 1. The zero-order valence-corrected chi connectivity index (χ0v) is 15.0. The molecule has 0 atom stereocenters. The number of anilines is 2. The molecule has 112 valence electrons. The van der Waals surface area contributed by atoms with Gasteiger partial charge in [-0.05, 0) is 41.1 Å². The van der Waals surface area contributed by atoms with E-state index in [2.05, 4.69) is 20.9 Å². The van der Waals surface area contributed by atoms with Gasteiger partial charge in [0.2, 0.25) is 5.91 Å². The van der Waals surface area contributed by atoms with Gasteiger partial charge in [-0.3, -0.25) is 9.69 Å². The van der Waals surface area contributed by atoms with E-state index in [0.717, 1.165) is 31.6 Å². The summed E-state index contributed by atoms with van der Waals surface area (Å²) in [6, 6.07) is 5.77. The number of carbonyl (C=O) groups excluding carboxylic acids is 1. The summed E-state index contributed by atoms with van der Waals surface area (Å²) < 4.78 is 0.988. The van der Waals surface area contributed by atoms with Gasteiger partial charge in [0.15, 0.2) is 5.13 Å². The highest BCUT2D eigenvalue weighted by atomic mass is 79.9. The number of nitrogen functional groups attached to an aromatic ring is 1. The van der Waals surface area contributed by atoms with Crippen molar-refractivity contribution in [2.24, 2.45) is 0 Å². The Kier molecular flexibility index (Phi) is 5.66. The fraction of sp³-hybridized carbons (Fsp3) is 0.286. The van der Waals surface area contributed by atoms with Crippen molar-refractivity contribution in [3.63, 3.8) is 0 Å². The quantitative estimate of drug-likeness (QED) is 0.620. The Balaban J connectivity index is 2.04. The van der Waals surface area contributed by atoms with Gasteiger partial charge in [0.25, 0.3) is 0 Å². The molecule has 2 N–H and O–H groups in total. The zero-order chi connectivity index (χ0) is 15.4. The molecule has 0 saturated carbocycles. The van der Waals surface area contributed by atoms with E-state index in [1.807, 2.05) is 30.5 Å². The number of halogens is 1. The van der Waals surface area contributed by atoms with E-state index in [4.69, 9.17) is 5.73 Å². The molecule has 7 heteroatoms. The summed E-state index contributed by atoms with van der Waals surface area (Å²) in [6.07, 6.45) is 0. The highest BCUT2D eigenvalue weighted by Crippen LogP contribution is 2.32. The number of thioether (sulfide) groups is 1. The summed E-state index contributed by atoms with van der Waals surface area (Å²) in [5.41, 5.74) is 7.44. The Bertz CT molecular complexity index is 645. The van der Waals surface area contributed by atoms with Crippen LogP contribution in [0.15, 0.2) is 32.9 Å². The van der Waals surface area contributed by atoms with Crippen molar-refractivity contribution in [2.45, 2.75) is 24.5 Å². The highest BCUT2D eigenvalue weighted by molar-refractivity contribution is 9.10. The van der Waals surface area contributed by atoms with Gasteiger partial charge in [-0.15, -0.1) is 23.1 Å². The van der Waals surface area contributed by atoms with E-state index in [1.165, 1.54) is 11.3 Å². The maximum atomic E-state index is 11.5. The lowest BCUT2D eigenvalue weighted by molar-refractivity contribution is -0.116. The topological polar surface area (TPSA) is 59.2 Å². The van der Waals surface area contributed by atoms with Crippen molar-refractivity contribution in [1.82, 2.24) is 4.98 Å². The SMILES string of the molecule is CCN(C(C)=O)c1nc(CSc2ccc(N)cc2Br)cs1. The van der Waals surface area contributed by atoms with Crippen molar-refractivity contribution in [3.8, 4) is 0 Å². The Hall–Kier alpha value is -1.05. The lowest BCUT2D eigenvalue weighted by atomic mass is 10.3. The van der Waals surface area contributed by atoms with Crippen LogP contribution in [0.1, 0.15) is 19.5 Å². The first-order valence-electron chi connectivity index (χ1n) is 6.41. The van der Waals surface area contributed by atoms with Crippen molar-refractivity contribution in [2.75, 3.05) is 17.2 Å². The number of rotatable bonds is 5. The van der Waals surface area contributed by atoms with E-state index in [1.54, 1.807) is 23.6 Å². The molecule has 1 heterocycles. The summed E-state index contributed by atoms with van der Waals surface area (Å²) >= 11 is 6.70. The third kappa shape index (κ3) is 4.21. The number of hydrogen-bond acceptors (Lipinski definition) is 5. The number of carbonyl (C=O) groups is 1. The Morgan fingerprint density at radius 1 is 1.52 bits per heavy atom. The fourth-order valence-electron chi connectivity index (χ4n) is 1.77. The maximum absolute atomic E-state index is 11.5. The molecule has 21 heavy (non-hydrogen) atoms. The van der Waals surface area contributed by atoms with Crippen molar-refractivity contribution >= 4 is 55.8 Å². The molecule has 1 aromatic heterocycles. The van der Waals surface area contributed by atoms with Crippen LogP contribution in [0, 0.1) is 0 Å². The number of benzene rings is 1. The molecule has 0 fully saturated rings. The van der Waals surface area contributed by atoms with E-state index in [-0.39, 0.29) is 5.91 Å². The van der Waals surface area contributed by atoms with Crippen LogP contribution < -0.4 is 10.6 Å². The van der Waals surface area contributed by atoms with Crippen LogP contribution in [0.25, 0.3) is 0 Å². The molecule has 0 spiro atoms. The molecule has 0 aliphatic carbocycles. The maximum Gasteiger partial charge on any atom is 0.225 e. The summed E-state index contributed by atoms with van der Waals surface area (Å²) in [5, 5.41) is 2.76. The zero-order valence-electron chi connectivity index (χ0n) is 11.8. The molecule has 0 bridgehead atoms. The molecule has 0 aliphatic heterocycles. The van der Waals surface area contributed by atoms with E-state index < -0.39 is 0 Å². The van der Waals surface area contributed by atoms with E-state index in [9.17, 15) is 4.79 Å². The minimum absolute atomic E-state index is 0.0207. The molecular formula is C14H16BrN3OS2. The molecule has 0 saturated heterocycles. The first kappa shape index (κ1) is 16.3. The summed E-state index contributed by atoms with van der Waals surface area (Å²) in [4.78, 5) is 18.8. The Labute approximate surface area is 140 Å². The van der Waals surface area contributed by atoms with Gasteiger partial charge < -0.3 is 5.73 Å². The first-order valence-corrected chi connectivity index (χ1v) is 9.07. The van der Waals surface area contributed by atoms with Crippen LogP contribution in [0.5, 0.6) is 0 Å². The number of nitrogens with two attached hydrogens (primary N) is 1. The fourth-order valence-corrected chi connectivity index (χ4v) is 4.36. The standard InChI is InChI=1S/C14H16BrN3OS2/c1-3-18(9(2)19)14-17-11(8-21-14)7-20-13-5-4-10(16)6-12(13)15/h4-6,8H,3,7,16H2,1-2H3. The first-order chi connectivity index (χ1) is 10.0. The van der Waals surface area contributed by atoms with Gasteiger partial charge >= 0.3 is 0 Å². The molecule has 0 radical (unpaired) electrons. The monoisotopic (exact) mass is 385 g/mol. The van der Waals surface area contributed by atoms with Crippen molar-refractivity contribution < 1.29 is 4.79 Å². The predicted octanol–water partition coefficient (Wildman–Crippen LogP) is 4.15. The minimum Gasteiger partial charge on any atom is -0.399 e. The van der Waals surface area contributed by atoms with Gasteiger partial charge in [-0.25, -0.2) is 4.98 Å². The number of aromatic nitrogens is 1. The summed E-state index contributed by atoms with van der Waals surface area (Å²) in [7, 11) is 0. The molecular weight excluding hydrogens is 370 g/mol. The smallest absolute Gasteiger partial charge is 0.225 e. The molecule has 0 unspecified atom stereocenters. The van der Waals surface area contributed by atoms with Crippen molar-refractivity contribution in [1.29, 1.82) is 0 Å². The molecule has 1 aromatic carbocycles. The van der Waals surface area contributed by atoms with Crippen LogP contribution in [0.4, 0.5) is 10.8 Å². The second-order valence-corrected chi connectivity index (χ2v) is 7.07. The van der Waals surface area contributed by atoms with Crippen molar-refractivity contribution in [3.05, 3.63) is 33.7 Å². The Morgan fingerprint density at radius 3 is 2.90 bits per heavy atom. The minimum atomic E-state index is 0.0207. The predicted molar refractivity (Wildman–Crippen MR) is 93.9 cm³/mol. The second kappa shape index (κ2) is 7.29. The van der Waals surface area contributed by atoms with Crippen LogP contribution in [-0.2, 0) is 10.5 Å². The van der Waals surface area contributed by atoms with Crippen LogP contribution >= 0.6 is 39.0 Å². The third-order valence-corrected chi connectivity index (χ3v) is 5.74. The van der Waals surface area contributed by atoms with Gasteiger partial charge in [-0.1, -0.05) is 0 Å². The van der Waals surface area contributed by atoms with Crippen LogP contribution in [0.2, 0.25) is 0 Å². The van der Waals surface area contributed by atoms with E-state index >= 15 is 0 Å². The molecule has 2 rings (SSSR count). The van der Waals surface area contributed by atoms with Crippen LogP contribution in [-0.4, -0.2) is 17.4 Å². The Morgan fingerprint density at radius 2 is 2.29 bits per heavy atom. The number of amides is 1. The van der Waals surface area contributed by atoms with Gasteiger partial charge in [0.1, 0.15) is 0 Å². The normalized spacial score (nSPS) is 10.6. The van der Waals surface area contributed by atoms with Gasteiger partial charge in [0.05, 0.1) is 5.69 Å². The van der Waals surface area contributed by atoms with Gasteiger partial charge in [0, 0.05) is 39.7 Å². The van der Waals surface area contributed by atoms with Crippen LogP contribution in [0.3, 0.4) is 0 Å². The second-order valence-electron chi connectivity index (χ2n) is 4.36. The average molecular weight is 386 g/mol.